The lowest BCUT2D eigenvalue weighted by Crippen LogP contribution is -2.38. The summed E-state index contributed by atoms with van der Waals surface area (Å²) in [6.45, 7) is 2.12. The minimum atomic E-state index is -4.50. The van der Waals surface area contributed by atoms with Crippen LogP contribution >= 0.6 is 0 Å². The van der Waals surface area contributed by atoms with Gasteiger partial charge in [-0.3, -0.25) is 4.79 Å². The molecule has 1 aromatic carbocycles. The molecule has 0 saturated heterocycles. The van der Waals surface area contributed by atoms with Crippen LogP contribution in [-0.2, 0) is 20.4 Å². The number of para-hydroxylation sites is 1. The van der Waals surface area contributed by atoms with Crippen LogP contribution in [0.1, 0.15) is 12.5 Å². The molecule has 0 aliphatic carbocycles. The van der Waals surface area contributed by atoms with E-state index in [4.69, 9.17) is 14.2 Å². The molecule has 1 aliphatic rings. The second kappa shape index (κ2) is 7.26. The lowest BCUT2D eigenvalue weighted by molar-refractivity contribution is -0.139. The van der Waals surface area contributed by atoms with Crippen molar-refractivity contribution in [3.63, 3.8) is 0 Å². The first-order valence-corrected chi connectivity index (χ1v) is 6.92. The Morgan fingerprint density at radius 2 is 2.09 bits per heavy atom. The van der Waals surface area contributed by atoms with Crippen LogP contribution in [0.3, 0.4) is 0 Å². The standard InChI is InChI=1S/C15H16F3NO4/c1-10(19-14(20)13-9-21-6-7-22-13)8-23-12-5-3-2-4-11(12)15(16,17)18/h2-5,9-10H,6-8H2,1H3,(H,19,20). The van der Waals surface area contributed by atoms with Gasteiger partial charge in [0.15, 0.2) is 0 Å². The summed E-state index contributed by atoms with van der Waals surface area (Å²) >= 11 is 0. The number of rotatable bonds is 5. The summed E-state index contributed by atoms with van der Waals surface area (Å²) in [6.07, 6.45) is -3.30. The SMILES string of the molecule is CC(COc1ccccc1C(F)(F)F)NC(=O)C1=COCCO1. The van der Waals surface area contributed by atoms with Gasteiger partial charge in [-0.2, -0.15) is 13.2 Å². The van der Waals surface area contributed by atoms with Crippen LogP contribution in [0.25, 0.3) is 0 Å². The number of carbonyl (C=O) groups is 1. The zero-order chi connectivity index (χ0) is 16.9. The highest BCUT2D eigenvalue weighted by Gasteiger charge is 2.34. The van der Waals surface area contributed by atoms with Crippen LogP contribution in [0, 0.1) is 0 Å². The van der Waals surface area contributed by atoms with Gasteiger partial charge in [-0.05, 0) is 19.1 Å². The minimum Gasteiger partial charge on any atom is -0.494 e. The molecule has 1 unspecified atom stereocenters. The van der Waals surface area contributed by atoms with Crippen LogP contribution in [0.4, 0.5) is 13.2 Å². The molecular weight excluding hydrogens is 315 g/mol. The zero-order valence-corrected chi connectivity index (χ0v) is 12.4. The van der Waals surface area contributed by atoms with Crippen LogP contribution in [0.5, 0.6) is 5.75 Å². The number of hydrogen-bond donors (Lipinski definition) is 1. The number of carbonyl (C=O) groups excluding carboxylic acids is 1. The minimum absolute atomic E-state index is 0.0267. The Bertz CT molecular complexity index is 586. The quantitative estimate of drug-likeness (QED) is 0.901. The van der Waals surface area contributed by atoms with Gasteiger partial charge in [0.2, 0.25) is 5.76 Å². The van der Waals surface area contributed by atoms with E-state index in [9.17, 15) is 18.0 Å². The van der Waals surface area contributed by atoms with Crippen LogP contribution in [0.15, 0.2) is 36.3 Å². The second-order valence-electron chi connectivity index (χ2n) is 4.88. The van der Waals surface area contributed by atoms with Crippen LogP contribution in [-0.4, -0.2) is 31.8 Å². The monoisotopic (exact) mass is 331 g/mol. The van der Waals surface area contributed by atoms with Crippen LogP contribution < -0.4 is 10.1 Å². The normalized spacial score (nSPS) is 15.7. The third-order valence-corrected chi connectivity index (χ3v) is 2.93. The molecule has 1 aliphatic heterocycles. The molecule has 0 radical (unpaired) electrons. The number of benzene rings is 1. The maximum absolute atomic E-state index is 12.8. The van der Waals surface area contributed by atoms with Crippen molar-refractivity contribution in [3.05, 3.63) is 41.9 Å². The van der Waals surface area contributed by atoms with Gasteiger partial charge in [-0.25, -0.2) is 0 Å². The van der Waals surface area contributed by atoms with Crippen molar-refractivity contribution in [3.8, 4) is 5.75 Å². The van der Waals surface area contributed by atoms with E-state index < -0.39 is 23.7 Å². The van der Waals surface area contributed by atoms with Gasteiger partial charge >= 0.3 is 6.18 Å². The zero-order valence-electron chi connectivity index (χ0n) is 12.4. The second-order valence-corrected chi connectivity index (χ2v) is 4.88. The molecule has 1 N–H and O–H groups in total. The molecule has 8 heteroatoms. The van der Waals surface area contributed by atoms with Gasteiger partial charge in [-0.1, -0.05) is 12.1 Å². The van der Waals surface area contributed by atoms with E-state index in [1.807, 2.05) is 0 Å². The Morgan fingerprint density at radius 1 is 1.35 bits per heavy atom. The topological polar surface area (TPSA) is 56.8 Å². The molecule has 1 amide bonds. The fourth-order valence-electron chi connectivity index (χ4n) is 1.87. The third kappa shape index (κ3) is 4.80. The first-order valence-electron chi connectivity index (χ1n) is 6.92. The molecule has 5 nitrogen and oxygen atoms in total. The Kier molecular flexibility index (Phi) is 5.36. The molecule has 126 valence electrons. The summed E-state index contributed by atoms with van der Waals surface area (Å²) in [4.78, 5) is 11.8. The molecule has 0 saturated carbocycles. The molecule has 0 spiro atoms. The Labute approximate surface area is 131 Å². The van der Waals surface area contributed by atoms with Crippen molar-refractivity contribution < 1.29 is 32.2 Å². The van der Waals surface area contributed by atoms with Crippen LogP contribution in [0.2, 0.25) is 0 Å². The van der Waals surface area contributed by atoms with E-state index in [-0.39, 0.29) is 24.7 Å². The average molecular weight is 331 g/mol. The fraction of sp³-hybridized carbons (Fsp3) is 0.400. The third-order valence-electron chi connectivity index (χ3n) is 2.93. The fourth-order valence-corrected chi connectivity index (χ4v) is 1.87. The van der Waals surface area contributed by atoms with Crippen molar-refractivity contribution in [2.75, 3.05) is 19.8 Å². The van der Waals surface area contributed by atoms with Gasteiger partial charge in [0.25, 0.3) is 5.91 Å². The highest BCUT2D eigenvalue weighted by Crippen LogP contribution is 2.35. The molecule has 2 rings (SSSR count). The van der Waals surface area contributed by atoms with E-state index in [1.54, 1.807) is 6.92 Å². The summed E-state index contributed by atoms with van der Waals surface area (Å²) in [6, 6.07) is 4.39. The van der Waals surface area contributed by atoms with Crippen molar-refractivity contribution >= 4 is 5.91 Å². The van der Waals surface area contributed by atoms with E-state index in [0.717, 1.165) is 6.07 Å². The van der Waals surface area contributed by atoms with Gasteiger partial charge in [-0.15, -0.1) is 0 Å². The van der Waals surface area contributed by atoms with Crippen molar-refractivity contribution in [1.82, 2.24) is 5.32 Å². The maximum atomic E-state index is 12.8. The Morgan fingerprint density at radius 3 is 2.74 bits per heavy atom. The summed E-state index contributed by atoms with van der Waals surface area (Å²) in [7, 11) is 0. The highest BCUT2D eigenvalue weighted by molar-refractivity contribution is 5.91. The number of alkyl halides is 3. The summed E-state index contributed by atoms with van der Waals surface area (Å²) in [5.41, 5.74) is -0.856. The summed E-state index contributed by atoms with van der Waals surface area (Å²) in [5, 5.41) is 2.56. The van der Waals surface area contributed by atoms with Crippen molar-refractivity contribution in [1.29, 1.82) is 0 Å². The lowest BCUT2D eigenvalue weighted by atomic mass is 10.2. The van der Waals surface area contributed by atoms with E-state index in [1.165, 1.54) is 24.5 Å². The van der Waals surface area contributed by atoms with Gasteiger partial charge < -0.3 is 19.5 Å². The lowest BCUT2D eigenvalue weighted by Gasteiger charge is -2.19. The number of hydrogen-bond acceptors (Lipinski definition) is 4. The molecule has 0 aromatic heterocycles. The first kappa shape index (κ1) is 17.0. The predicted molar refractivity (Wildman–Crippen MR) is 74.5 cm³/mol. The smallest absolute Gasteiger partial charge is 0.419 e. The van der Waals surface area contributed by atoms with Gasteiger partial charge in [0, 0.05) is 0 Å². The molecule has 1 heterocycles. The molecule has 0 bridgehead atoms. The van der Waals surface area contributed by atoms with Crippen molar-refractivity contribution in [2.45, 2.75) is 19.1 Å². The molecule has 1 aromatic rings. The molecule has 0 fully saturated rings. The van der Waals surface area contributed by atoms with E-state index >= 15 is 0 Å². The van der Waals surface area contributed by atoms with Crippen molar-refractivity contribution in [2.24, 2.45) is 0 Å². The number of amides is 1. The first-order chi connectivity index (χ1) is 10.9. The molecule has 1 atom stereocenters. The number of nitrogens with one attached hydrogen (secondary N) is 1. The molecular formula is C15H16F3NO4. The average Bonchev–Trinajstić information content (AvgIpc) is 2.53. The Balaban J connectivity index is 1.91. The number of halogens is 3. The van der Waals surface area contributed by atoms with E-state index in [0.29, 0.717) is 6.61 Å². The largest absolute Gasteiger partial charge is 0.494 e. The maximum Gasteiger partial charge on any atom is 0.419 e. The number of ether oxygens (including phenoxy) is 3. The van der Waals surface area contributed by atoms with Gasteiger partial charge in [0.1, 0.15) is 31.8 Å². The summed E-state index contributed by atoms with van der Waals surface area (Å²) < 4.78 is 53.8. The van der Waals surface area contributed by atoms with Gasteiger partial charge in [0.05, 0.1) is 11.6 Å². The highest BCUT2D eigenvalue weighted by atomic mass is 19.4. The predicted octanol–water partition coefficient (Wildman–Crippen LogP) is 2.48. The molecule has 23 heavy (non-hydrogen) atoms. The Hall–Kier alpha value is -2.38. The summed E-state index contributed by atoms with van der Waals surface area (Å²) in [5.74, 6) is -0.763. The van der Waals surface area contributed by atoms with E-state index in [2.05, 4.69) is 5.32 Å².